The number of hydrogen-bond donors (Lipinski definition) is 2. The number of carboxylic acid groups (broad SMARTS) is 1. The predicted molar refractivity (Wildman–Crippen MR) is 72.6 cm³/mol. The van der Waals surface area contributed by atoms with Gasteiger partial charge < -0.3 is 14.9 Å². The Morgan fingerprint density at radius 3 is 2.75 bits per heavy atom. The third-order valence-electron chi connectivity index (χ3n) is 3.02. The quantitative estimate of drug-likeness (QED) is 0.862. The van der Waals surface area contributed by atoms with Crippen LogP contribution < -0.4 is 4.74 Å². The lowest BCUT2D eigenvalue weighted by Gasteiger charge is -2.07. The van der Waals surface area contributed by atoms with Crippen LogP contribution in [-0.4, -0.2) is 39.7 Å². The molecule has 1 aromatic heterocycles. The van der Waals surface area contributed by atoms with Crippen molar-refractivity contribution in [2.75, 3.05) is 13.7 Å². The highest BCUT2D eigenvalue weighted by atomic mass is 16.5. The topological polar surface area (TPSA) is 84.6 Å². The highest BCUT2D eigenvalue weighted by molar-refractivity contribution is 5.87. The Balaban J connectivity index is 2.44. The maximum atomic E-state index is 11.1. The summed E-state index contributed by atoms with van der Waals surface area (Å²) in [6.45, 7) is 1.78. The molecule has 6 heteroatoms. The number of nitrogens with zero attached hydrogens (tertiary/aromatic N) is 2. The van der Waals surface area contributed by atoms with Crippen molar-refractivity contribution in [3.05, 3.63) is 41.2 Å². The highest BCUT2D eigenvalue weighted by Crippen LogP contribution is 2.21. The molecule has 2 rings (SSSR count). The fourth-order valence-electron chi connectivity index (χ4n) is 2.03. The largest absolute Gasteiger partial charge is 0.496 e. The van der Waals surface area contributed by atoms with E-state index in [1.165, 1.54) is 4.68 Å². The van der Waals surface area contributed by atoms with E-state index in [2.05, 4.69) is 5.10 Å². The summed E-state index contributed by atoms with van der Waals surface area (Å²) >= 11 is 0. The molecule has 0 atom stereocenters. The molecule has 0 radical (unpaired) electrons. The molecule has 20 heavy (non-hydrogen) atoms. The molecule has 1 aromatic carbocycles. The van der Waals surface area contributed by atoms with Gasteiger partial charge in [-0.25, -0.2) is 9.48 Å². The van der Waals surface area contributed by atoms with Gasteiger partial charge in [-0.3, -0.25) is 0 Å². The van der Waals surface area contributed by atoms with Gasteiger partial charge >= 0.3 is 5.97 Å². The number of hydrogen-bond acceptors (Lipinski definition) is 4. The first-order chi connectivity index (χ1) is 9.56. The van der Waals surface area contributed by atoms with Gasteiger partial charge in [0.05, 0.1) is 12.8 Å². The third kappa shape index (κ3) is 2.65. The third-order valence-corrected chi connectivity index (χ3v) is 3.02. The summed E-state index contributed by atoms with van der Waals surface area (Å²) in [4.78, 5) is 11.1. The van der Waals surface area contributed by atoms with Crippen LogP contribution in [0.4, 0.5) is 0 Å². The van der Waals surface area contributed by atoms with Crippen LogP contribution >= 0.6 is 0 Å². The fraction of sp³-hybridized carbons (Fsp3) is 0.286. The van der Waals surface area contributed by atoms with Crippen molar-refractivity contribution < 1.29 is 19.7 Å². The molecule has 106 valence electrons. The van der Waals surface area contributed by atoms with Crippen LogP contribution in [0.1, 0.15) is 21.6 Å². The average molecular weight is 276 g/mol. The molecule has 6 nitrogen and oxygen atoms in total. The Labute approximate surface area is 116 Å². The molecule has 2 N–H and O–H groups in total. The summed E-state index contributed by atoms with van der Waals surface area (Å²) in [6.07, 6.45) is 1.89. The average Bonchev–Trinajstić information content (AvgIpc) is 2.83. The number of aliphatic hydroxyl groups is 1. The number of aryl methyl sites for hydroxylation is 1. The second-order valence-electron chi connectivity index (χ2n) is 4.38. The van der Waals surface area contributed by atoms with Crippen molar-refractivity contribution in [2.24, 2.45) is 0 Å². The number of carboxylic acids is 1. The van der Waals surface area contributed by atoms with Gasteiger partial charge in [0.25, 0.3) is 0 Å². The van der Waals surface area contributed by atoms with E-state index in [1.54, 1.807) is 25.4 Å². The number of ether oxygens (including phenoxy) is 1. The Hall–Kier alpha value is -2.34. The Kier molecular flexibility index (Phi) is 4.05. The molecular formula is C14H16N2O4. The molecule has 0 aliphatic heterocycles. The van der Waals surface area contributed by atoms with Crippen LogP contribution in [0.5, 0.6) is 5.75 Å². The van der Waals surface area contributed by atoms with E-state index in [9.17, 15) is 4.79 Å². The van der Waals surface area contributed by atoms with Gasteiger partial charge in [-0.2, -0.15) is 5.10 Å². The van der Waals surface area contributed by atoms with E-state index < -0.39 is 5.97 Å². The van der Waals surface area contributed by atoms with E-state index in [1.807, 2.05) is 13.0 Å². The Morgan fingerprint density at radius 2 is 2.20 bits per heavy atom. The molecule has 0 fully saturated rings. The maximum absolute atomic E-state index is 11.1. The van der Waals surface area contributed by atoms with Crippen LogP contribution in [0.25, 0.3) is 5.69 Å². The van der Waals surface area contributed by atoms with E-state index in [-0.39, 0.29) is 18.7 Å². The summed E-state index contributed by atoms with van der Waals surface area (Å²) in [5, 5.41) is 22.1. The second kappa shape index (κ2) is 5.75. The summed E-state index contributed by atoms with van der Waals surface area (Å²) in [5.41, 5.74) is 2.15. The molecule has 0 saturated carbocycles. The molecule has 0 spiro atoms. The smallest absolute Gasteiger partial charge is 0.356 e. The van der Waals surface area contributed by atoms with Gasteiger partial charge in [-0.05, 0) is 37.1 Å². The minimum Gasteiger partial charge on any atom is -0.496 e. The molecule has 0 bridgehead atoms. The molecule has 0 amide bonds. The molecule has 0 aliphatic rings. The van der Waals surface area contributed by atoms with Crippen molar-refractivity contribution in [2.45, 2.75) is 13.3 Å². The van der Waals surface area contributed by atoms with Crippen molar-refractivity contribution in [3.63, 3.8) is 0 Å². The lowest BCUT2D eigenvalue weighted by atomic mass is 10.2. The molecule has 2 aromatic rings. The molecule has 1 heterocycles. The Morgan fingerprint density at radius 1 is 1.45 bits per heavy atom. The second-order valence-corrected chi connectivity index (χ2v) is 4.38. The number of aromatic nitrogens is 2. The van der Waals surface area contributed by atoms with E-state index in [0.29, 0.717) is 5.56 Å². The molecule has 0 aliphatic carbocycles. The van der Waals surface area contributed by atoms with E-state index in [4.69, 9.17) is 14.9 Å². The summed E-state index contributed by atoms with van der Waals surface area (Å²) in [7, 11) is 1.60. The van der Waals surface area contributed by atoms with Crippen LogP contribution in [0.15, 0.2) is 24.4 Å². The normalized spacial score (nSPS) is 10.6. The highest BCUT2D eigenvalue weighted by Gasteiger charge is 2.16. The van der Waals surface area contributed by atoms with Crippen LogP contribution in [0, 0.1) is 6.92 Å². The lowest BCUT2D eigenvalue weighted by Crippen LogP contribution is -2.04. The number of rotatable bonds is 5. The first-order valence-electron chi connectivity index (χ1n) is 6.14. The van der Waals surface area contributed by atoms with Crippen LogP contribution in [0.3, 0.4) is 0 Å². The molecule has 0 saturated heterocycles. The first kappa shape index (κ1) is 14.1. The SMILES string of the molecule is COc1ccc(-n2cc(CCO)c(C(=O)O)n2)cc1C. The van der Waals surface area contributed by atoms with Gasteiger partial charge in [0.1, 0.15) is 5.75 Å². The van der Waals surface area contributed by atoms with Crippen molar-refractivity contribution in [1.82, 2.24) is 9.78 Å². The predicted octanol–water partition coefficient (Wildman–Crippen LogP) is 1.42. The summed E-state index contributed by atoms with van der Waals surface area (Å²) < 4.78 is 6.69. The number of benzene rings is 1. The number of aromatic carboxylic acids is 1. The lowest BCUT2D eigenvalue weighted by molar-refractivity contribution is 0.0688. The number of aliphatic hydroxyl groups excluding tert-OH is 1. The minimum absolute atomic E-state index is 0.0347. The monoisotopic (exact) mass is 276 g/mol. The number of carbonyl (C=O) groups is 1. The summed E-state index contributed by atoms with van der Waals surface area (Å²) in [5.74, 6) is -0.340. The molecule has 0 unspecified atom stereocenters. The van der Waals surface area contributed by atoms with Crippen LogP contribution in [0.2, 0.25) is 0 Å². The van der Waals surface area contributed by atoms with Gasteiger partial charge in [0.2, 0.25) is 0 Å². The van der Waals surface area contributed by atoms with E-state index in [0.717, 1.165) is 17.0 Å². The minimum atomic E-state index is -1.10. The van der Waals surface area contributed by atoms with Gasteiger partial charge in [0.15, 0.2) is 5.69 Å². The zero-order chi connectivity index (χ0) is 14.7. The standard InChI is InChI=1S/C14H16N2O4/c1-9-7-11(3-4-12(9)20-2)16-8-10(5-6-17)13(15-16)14(18)19/h3-4,7-8,17H,5-6H2,1-2H3,(H,18,19). The van der Waals surface area contributed by atoms with Crippen molar-refractivity contribution >= 4 is 5.97 Å². The molecular weight excluding hydrogens is 260 g/mol. The zero-order valence-corrected chi connectivity index (χ0v) is 11.3. The maximum Gasteiger partial charge on any atom is 0.356 e. The fourth-order valence-corrected chi connectivity index (χ4v) is 2.03. The van der Waals surface area contributed by atoms with Gasteiger partial charge in [-0.15, -0.1) is 0 Å². The summed E-state index contributed by atoms with van der Waals surface area (Å²) in [6, 6.07) is 5.46. The first-order valence-corrected chi connectivity index (χ1v) is 6.14. The zero-order valence-electron chi connectivity index (χ0n) is 11.3. The van der Waals surface area contributed by atoms with Crippen LogP contribution in [-0.2, 0) is 6.42 Å². The Bertz CT molecular complexity index is 634. The van der Waals surface area contributed by atoms with E-state index >= 15 is 0 Å². The van der Waals surface area contributed by atoms with Gasteiger partial charge in [-0.1, -0.05) is 0 Å². The van der Waals surface area contributed by atoms with Crippen molar-refractivity contribution in [3.8, 4) is 11.4 Å². The van der Waals surface area contributed by atoms with Crippen molar-refractivity contribution in [1.29, 1.82) is 0 Å². The van der Waals surface area contributed by atoms with Gasteiger partial charge in [0, 0.05) is 18.4 Å². The number of methoxy groups -OCH3 is 1.